The van der Waals surface area contributed by atoms with Crippen molar-refractivity contribution in [2.75, 3.05) is 94.1 Å². The van der Waals surface area contributed by atoms with Crippen molar-refractivity contribution in [3.8, 4) is 16.2 Å². The summed E-state index contributed by atoms with van der Waals surface area (Å²) in [4.78, 5) is 69.3. The number of β-amino-alcohol motifs (C(OH)–C–C–N with tert-alkyl or cyclic N) is 1. The fraction of sp³-hybridized carbons (Fsp3) is 0.434. The molecule has 0 radical (unpaired) electrons. The highest BCUT2D eigenvalue weighted by Crippen LogP contribution is 2.30. The SMILES string of the molecule is Cc1ncsc1-c1ccc([C@H](C)NC(=O)[C@@H]2C[C@@H](O)CN2C(=O)C(NC(=O)COCCOCCOCCOc2ccc(C(=O)Nc3ccc(N4CCN(c5ccccn5)CC4)cc3)c(F)c2)C(C)(C)C)cc1. The smallest absolute Gasteiger partial charge is 0.258 e. The molecule has 4 atom stereocenters. The number of thiazole rings is 1. The molecule has 19 heteroatoms. The molecule has 384 valence electrons. The average Bonchev–Trinajstić information content (AvgIpc) is 4.00. The number of halogens is 1. The van der Waals surface area contributed by atoms with Crippen LogP contribution in [-0.4, -0.2) is 141 Å². The third-order valence-corrected chi connectivity index (χ3v) is 13.4. The number of nitrogens with zero attached hydrogens (tertiary/aromatic N) is 5. The summed E-state index contributed by atoms with van der Waals surface area (Å²) in [6.45, 7) is 13.4. The molecule has 2 fully saturated rings. The lowest BCUT2D eigenvalue weighted by atomic mass is 9.85. The average molecular weight is 1010 g/mol. The monoisotopic (exact) mass is 1010 g/mol. The van der Waals surface area contributed by atoms with Gasteiger partial charge in [-0.05, 0) is 78.9 Å². The maximum atomic E-state index is 15.0. The van der Waals surface area contributed by atoms with Crippen molar-refractivity contribution in [3.05, 3.63) is 119 Å². The number of ether oxygens (including phenoxy) is 4. The van der Waals surface area contributed by atoms with Gasteiger partial charge in [0, 0.05) is 62.8 Å². The van der Waals surface area contributed by atoms with Gasteiger partial charge in [0.1, 0.15) is 42.7 Å². The van der Waals surface area contributed by atoms with Crippen molar-refractivity contribution >= 4 is 52.2 Å². The molecule has 0 spiro atoms. The van der Waals surface area contributed by atoms with E-state index >= 15 is 0 Å². The Bertz CT molecular complexity index is 2570. The number of aliphatic hydroxyl groups excluding tert-OH is 1. The number of benzene rings is 3. The molecule has 2 aliphatic rings. The van der Waals surface area contributed by atoms with Gasteiger partial charge in [0.25, 0.3) is 5.91 Å². The highest BCUT2D eigenvalue weighted by atomic mass is 32.1. The summed E-state index contributed by atoms with van der Waals surface area (Å²) >= 11 is 1.56. The van der Waals surface area contributed by atoms with Crippen molar-refractivity contribution in [2.24, 2.45) is 5.41 Å². The lowest BCUT2D eigenvalue weighted by Crippen LogP contribution is -2.58. The van der Waals surface area contributed by atoms with Gasteiger partial charge in [-0.1, -0.05) is 51.1 Å². The summed E-state index contributed by atoms with van der Waals surface area (Å²) in [5, 5.41) is 19.2. The minimum atomic E-state index is -0.997. The zero-order valence-electron chi connectivity index (χ0n) is 41.5. The van der Waals surface area contributed by atoms with Crippen LogP contribution in [0.1, 0.15) is 61.8 Å². The molecular weight excluding hydrogens is 944 g/mol. The molecule has 72 heavy (non-hydrogen) atoms. The minimum absolute atomic E-state index is 0.0395. The number of carbonyl (C=O) groups is 4. The zero-order chi connectivity index (χ0) is 51.2. The largest absolute Gasteiger partial charge is 0.491 e. The number of piperazine rings is 1. The number of nitrogens with one attached hydrogen (secondary N) is 3. The molecule has 4 heterocycles. The van der Waals surface area contributed by atoms with E-state index in [-0.39, 0.29) is 82.5 Å². The molecule has 0 saturated carbocycles. The summed E-state index contributed by atoms with van der Waals surface area (Å²) in [5.41, 5.74) is 5.44. The summed E-state index contributed by atoms with van der Waals surface area (Å²) < 4.78 is 37.2. The second kappa shape index (κ2) is 25.2. The molecule has 3 aromatic carbocycles. The van der Waals surface area contributed by atoms with Gasteiger partial charge in [-0.15, -0.1) is 11.3 Å². The Kier molecular flexibility index (Phi) is 18.7. The molecule has 1 unspecified atom stereocenters. The predicted molar refractivity (Wildman–Crippen MR) is 274 cm³/mol. The number of likely N-dealkylation sites (tertiary alicyclic amines) is 1. The molecule has 4 amide bonds. The Morgan fingerprint density at radius 1 is 0.833 bits per heavy atom. The topological polar surface area (TPSA) is 197 Å². The number of anilines is 3. The van der Waals surface area contributed by atoms with Gasteiger partial charge in [0.15, 0.2) is 0 Å². The standard InChI is InChI=1S/C53H65FN8O9S/c1-35(37-9-11-38(12-10-37)48-36(2)56-34-72-48)57-51(66)45-30-41(63)32-62(45)52(67)49(53(3,4)5)59-47(64)33-70-27-26-68-24-25-69-28-29-71-42-17-18-43(44(54)31-42)50(65)58-39-13-15-40(16-14-39)60-20-22-61(23-21-60)46-8-6-7-19-55-46/h6-19,31,34-35,41,45,49,63H,20-30,32-33H2,1-5H3,(H,57,66)(H,58,65)(H,59,64)/t35-,41+,45-,49?/m0/s1. The Morgan fingerprint density at radius 2 is 1.51 bits per heavy atom. The zero-order valence-corrected chi connectivity index (χ0v) is 42.3. The van der Waals surface area contributed by atoms with Crippen molar-refractivity contribution in [2.45, 2.75) is 65.3 Å². The Hall–Kier alpha value is -6.51. The molecule has 2 aliphatic heterocycles. The van der Waals surface area contributed by atoms with E-state index in [1.807, 2.05) is 89.2 Å². The summed E-state index contributed by atoms with van der Waals surface area (Å²) in [5.74, 6) is -1.43. The fourth-order valence-electron chi connectivity index (χ4n) is 8.50. The number of rotatable bonds is 22. The normalized spacial score (nSPS) is 16.8. The van der Waals surface area contributed by atoms with Crippen LogP contribution in [0.4, 0.5) is 21.6 Å². The summed E-state index contributed by atoms with van der Waals surface area (Å²) in [6.07, 6.45) is 0.975. The van der Waals surface area contributed by atoms with Crippen LogP contribution >= 0.6 is 11.3 Å². The van der Waals surface area contributed by atoms with Crippen LogP contribution < -0.4 is 30.5 Å². The molecule has 7 rings (SSSR count). The molecule has 5 aromatic rings. The predicted octanol–water partition coefficient (Wildman–Crippen LogP) is 6.03. The first-order valence-electron chi connectivity index (χ1n) is 24.2. The second-order valence-corrected chi connectivity index (χ2v) is 19.7. The van der Waals surface area contributed by atoms with Crippen LogP contribution in [0.5, 0.6) is 5.75 Å². The number of pyridine rings is 1. The van der Waals surface area contributed by atoms with Crippen LogP contribution in [0.2, 0.25) is 0 Å². The second-order valence-electron chi connectivity index (χ2n) is 18.8. The van der Waals surface area contributed by atoms with Crippen LogP contribution in [0.3, 0.4) is 0 Å². The van der Waals surface area contributed by atoms with Gasteiger partial charge in [-0.2, -0.15) is 0 Å². The van der Waals surface area contributed by atoms with E-state index in [0.717, 1.165) is 65.4 Å². The first-order chi connectivity index (χ1) is 34.6. The third-order valence-electron chi connectivity index (χ3n) is 12.5. The number of hydrogen-bond acceptors (Lipinski definition) is 14. The Balaban J connectivity index is 0.745. The van der Waals surface area contributed by atoms with Crippen LogP contribution in [0.25, 0.3) is 10.4 Å². The molecule has 0 bridgehead atoms. The molecule has 17 nitrogen and oxygen atoms in total. The number of aliphatic hydroxyl groups is 1. The summed E-state index contributed by atoms with van der Waals surface area (Å²) in [7, 11) is 0. The highest BCUT2D eigenvalue weighted by Gasteiger charge is 2.44. The first kappa shape index (κ1) is 53.3. The maximum Gasteiger partial charge on any atom is 0.258 e. The Labute approximate surface area is 424 Å². The van der Waals surface area contributed by atoms with E-state index in [1.165, 1.54) is 17.0 Å². The van der Waals surface area contributed by atoms with Gasteiger partial charge < -0.3 is 54.7 Å². The lowest BCUT2D eigenvalue weighted by molar-refractivity contribution is -0.144. The molecule has 2 aromatic heterocycles. The summed E-state index contributed by atoms with van der Waals surface area (Å²) in [6, 6.07) is 23.1. The minimum Gasteiger partial charge on any atom is -0.491 e. The lowest BCUT2D eigenvalue weighted by Gasteiger charge is -2.36. The number of aromatic nitrogens is 2. The molecule has 2 saturated heterocycles. The van der Waals surface area contributed by atoms with Gasteiger partial charge in [-0.25, -0.2) is 14.4 Å². The van der Waals surface area contributed by atoms with Crippen LogP contribution in [0.15, 0.2) is 96.6 Å². The van der Waals surface area contributed by atoms with Crippen molar-refractivity contribution in [1.29, 1.82) is 0 Å². The number of hydrogen-bond donors (Lipinski definition) is 4. The number of carbonyl (C=O) groups excluding carboxylic acids is 4. The quantitative estimate of drug-likeness (QED) is 0.0588. The molecule has 0 aliphatic carbocycles. The van der Waals surface area contributed by atoms with E-state index in [9.17, 15) is 28.7 Å². The van der Waals surface area contributed by atoms with Crippen LogP contribution in [-0.2, 0) is 28.6 Å². The van der Waals surface area contributed by atoms with Crippen molar-refractivity contribution in [1.82, 2.24) is 25.5 Å². The van der Waals surface area contributed by atoms with Gasteiger partial charge >= 0.3 is 0 Å². The van der Waals surface area contributed by atoms with Crippen molar-refractivity contribution in [3.63, 3.8) is 0 Å². The van der Waals surface area contributed by atoms with Gasteiger partial charge in [0.05, 0.1) is 66.8 Å². The molecular formula is C53H65FN8O9S. The Morgan fingerprint density at radius 3 is 2.15 bits per heavy atom. The maximum absolute atomic E-state index is 15.0. The first-order valence-corrected chi connectivity index (χ1v) is 25.1. The van der Waals surface area contributed by atoms with E-state index < -0.39 is 47.1 Å². The number of amides is 4. The van der Waals surface area contributed by atoms with Crippen molar-refractivity contribution < 1.29 is 47.6 Å². The van der Waals surface area contributed by atoms with Gasteiger partial charge in [0.2, 0.25) is 17.7 Å². The highest BCUT2D eigenvalue weighted by molar-refractivity contribution is 7.13. The molecule has 4 N–H and O–H groups in total. The third kappa shape index (κ3) is 14.6. The van der Waals surface area contributed by atoms with E-state index in [1.54, 1.807) is 35.2 Å². The van der Waals surface area contributed by atoms with E-state index in [2.05, 4.69) is 35.7 Å². The van der Waals surface area contributed by atoms with Gasteiger partial charge in [-0.3, -0.25) is 19.2 Å². The fourth-order valence-corrected chi connectivity index (χ4v) is 9.31. The number of aryl methyl sites for hydroxylation is 1. The van der Waals surface area contributed by atoms with Crippen LogP contribution in [0, 0.1) is 18.2 Å². The van der Waals surface area contributed by atoms with E-state index in [0.29, 0.717) is 5.69 Å². The van der Waals surface area contributed by atoms with E-state index in [4.69, 9.17) is 18.9 Å².